The average molecular weight is 412 g/mol. The Kier molecular flexibility index (Phi) is 7.30. The van der Waals surface area contributed by atoms with Gasteiger partial charge in [-0.2, -0.15) is 0 Å². The maximum Gasteiger partial charge on any atom is 0.251 e. The summed E-state index contributed by atoms with van der Waals surface area (Å²) in [5.41, 5.74) is 2.28. The summed E-state index contributed by atoms with van der Waals surface area (Å²) in [7, 11) is 3.20. The standard InChI is InChI=1S/C23H28N2O5/c1-16(18-8-11-20(21(15-18)29-3)30-14-13-28-2)24-23(27)17-6-9-19(10-7-17)25-12-4-5-22(25)26/h6-11,15-16H,4-5,12-14H2,1-3H3,(H,24,27). The van der Waals surface area contributed by atoms with Crippen LogP contribution in [-0.2, 0) is 9.53 Å². The van der Waals surface area contributed by atoms with E-state index in [4.69, 9.17) is 14.2 Å². The Labute approximate surface area is 176 Å². The number of nitrogens with zero attached hydrogens (tertiary/aromatic N) is 1. The lowest BCUT2D eigenvalue weighted by Crippen LogP contribution is -2.27. The van der Waals surface area contributed by atoms with E-state index in [0.29, 0.717) is 36.7 Å². The van der Waals surface area contributed by atoms with E-state index in [2.05, 4.69) is 5.32 Å². The first-order chi connectivity index (χ1) is 14.5. The third-order valence-corrected chi connectivity index (χ3v) is 5.09. The third-order valence-electron chi connectivity index (χ3n) is 5.09. The number of carbonyl (C=O) groups is 2. The minimum Gasteiger partial charge on any atom is -0.493 e. The molecule has 160 valence electrons. The molecule has 0 aromatic heterocycles. The van der Waals surface area contributed by atoms with Crippen molar-refractivity contribution in [1.29, 1.82) is 0 Å². The monoisotopic (exact) mass is 412 g/mol. The lowest BCUT2D eigenvalue weighted by Gasteiger charge is -2.18. The average Bonchev–Trinajstić information content (AvgIpc) is 3.19. The van der Waals surface area contributed by atoms with Gasteiger partial charge in [0.1, 0.15) is 6.61 Å². The molecule has 0 saturated carbocycles. The van der Waals surface area contributed by atoms with Crippen LogP contribution in [0.5, 0.6) is 11.5 Å². The Balaban J connectivity index is 1.64. The van der Waals surface area contributed by atoms with Gasteiger partial charge in [-0.15, -0.1) is 0 Å². The molecule has 1 fully saturated rings. The molecule has 0 aliphatic carbocycles. The first-order valence-electron chi connectivity index (χ1n) is 10.0. The summed E-state index contributed by atoms with van der Waals surface area (Å²) in [6, 6.07) is 12.5. The molecular weight excluding hydrogens is 384 g/mol. The Morgan fingerprint density at radius 2 is 1.87 bits per heavy atom. The second-order valence-electron chi connectivity index (χ2n) is 7.14. The van der Waals surface area contributed by atoms with Gasteiger partial charge < -0.3 is 24.4 Å². The van der Waals surface area contributed by atoms with E-state index in [0.717, 1.165) is 24.2 Å². The van der Waals surface area contributed by atoms with Gasteiger partial charge in [0.15, 0.2) is 11.5 Å². The van der Waals surface area contributed by atoms with Crippen LogP contribution in [0.4, 0.5) is 5.69 Å². The fourth-order valence-electron chi connectivity index (χ4n) is 3.38. The van der Waals surface area contributed by atoms with Crippen molar-refractivity contribution in [3.05, 3.63) is 53.6 Å². The van der Waals surface area contributed by atoms with Gasteiger partial charge >= 0.3 is 0 Å². The highest BCUT2D eigenvalue weighted by Gasteiger charge is 2.22. The molecule has 7 nitrogen and oxygen atoms in total. The topological polar surface area (TPSA) is 77.1 Å². The number of rotatable bonds is 9. The zero-order chi connectivity index (χ0) is 21.5. The molecule has 1 heterocycles. The van der Waals surface area contributed by atoms with Gasteiger partial charge in [-0.1, -0.05) is 6.07 Å². The van der Waals surface area contributed by atoms with Gasteiger partial charge in [-0.05, 0) is 55.3 Å². The molecule has 1 aliphatic heterocycles. The normalized spacial score (nSPS) is 14.5. The molecule has 1 aliphatic rings. The van der Waals surface area contributed by atoms with E-state index < -0.39 is 0 Å². The van der Waals surface area contributed by atoms with E-state index in [1.165, 1.54) is 0 Å². The van der Waals surface area contributed by atoms with Crippen molar-refractivity contribution in [2.45, 2.75) is 25.8 Å². The maximum absolute atomic E-state index is 12.7. The van der Waals surface area contributed by atoms with E-state index in [9.17, 15) is 9.59 Å². The third kappa shape index (κ3) is 5.10. The second-order valence-corrected chi connectivity index (χ2v) is 7.14. The maximum atomic E-state index is 12.7. The lowest BCUT2D eigenvalue weighted by molar-refractivity contribution is -0.117. The van der Waals surface area contributed by atoms with E-state index >= 15 is 0 Å². The quantitative estimate of drug-likeness (QED) is 0.639. The van der Waals surface area contributed by atoms with Crippen molar-refractivity contribution in [2.24, 2.45) is 0 Å². The van der Waals surface area contributed by atoms with Crippen molar-refractivity contribution in [3.63, 3.8) is 0 Å². The van der Waals surface area contributed by atoms with Crippen LogP contribution in [0.1, 0.15) is 41.7 Å². The summed E-state index contributed by atoms with van der Waals surface area (Å²) in [6.07, 6.45) is 1.46. The zero-order valence-electron chi connectivity index (χ0n) is 17.6. The van der Waals surface area contributed by atoms with Crippen molar-refractivity contribution >= 4 is 17.5 Å². The molecule has 0 bridgehead atoms. The number of nitrogens with one attached hydrogen (secondary N) is 1. The summed E-state index contributed by atoms with van der Waals surface area (Å²) >= 11 is 0. The van der Waals surface area contributed by atoms with Gasteiger partial charge in [0, 0.05) is 31.3 Å². The van der Waals surface area contributed by atoms with Crippen molar-refractivity contribution < 1.29 is 23.8 Å². The predicted molar refractivity (Wildman–Crippen MR) is 114 cm³/mol. The number of amides is 2. The van der Waals surface area contributed by atoms with E-state index in [1.807, 2.05) is 37.3 Å². The van der Waals surface area contributed by atoms with Crippen molar-refractivity contribution in [1.82, 2.24) is 5.32 Å². The Hall–Kier alpha value is -3.06. The minimum atomic E-state index is -0.223. The van der Waals surface area contributed by atoms with E-state index in [-0.39, 0.29) is 17.9 Å². The first kappa shape index (κ1) is 21.6. The number of hydrogen-bond acceptors (Lipinski definition) is 5. The van der Waals surface area contributed by atoms with Crippen LogP contribution in [0.3, 0.4) is 0 Å². The second kappa shape index (κ2) is 10.1. The largest absolute Gasteiger partial charge is 0.493 e. The number of anilines is 1. The SMILES string of the molecule is COCCOc1ccc(C(C)NC(=O)c2ccc(N3CCCC3=O)cc2)cc1OC. The van der Waals surface area contributed by atoms with Crippen LogP contribution in [0.25, 0.3) is 0 Å². The predicted octanol–water partition coefficient (Wildman–Crippen LogP) is 3.34. The van der Waals surface area contributed by atoms with Crippen LogP contribution in [0, 0.1) is 0 Å². The summed E-state index contributed by atoms with van der Waals surface area (Å²) < 4.78 is 16.1. The highest BCUT2D eigenvalue weighted by molar-refractivity contribution is 5.97. The molecule has 0 spiro atoms. The van der Waals surface area contributed by atoms with E-state index in [1.54, 1.807) is 31.3 Å². The molecule has 1 unspecified atom stereocenters. The summed E-state index contributed by atoms with van der Waals surface area (Å²) in [6.45, 7) is 3.56. The highest BCUT2D eigenvalue weighted by Crippen LogP contribution is 2.30. The van der Waals surface area contributed by atoms with Gasteiger partial charge in [-0.3, -0.25) is 9.59 Å². The van der Waals surface area contributed by atoms with Crippen LogP contribution in [0.15, 0.2) is 42.5 Å². The van der Waals surface area contributed by atoms with Crippen molar-refractivity contribution in [3.8, 4) is 11.5 Å². The fraction of sp³-hybridized carbons (Fsp3) is 0.391. The minimum absolute atomic E-state index is 0.129. The summed E-state index contributed by atoms with van der Waals surface area (Å²) in [5.74, 6) is 1.18. The van der Waals surface area contributed by atoms with Crippen LogP contribution in [0.2, 0.25) is 0 Å². The Bertz CT molecular complexity index is 882. The van der Waals surface area contributed by atoms with Crippen LogP contribution in [-0.4, -0.2) is 45.8 Å². The molecule has 30 heavy (non-hydrogen) atoms. The molecular formula is C23H28N2O5. The molecule has 7 heteroatoms. The lowest BCUT2D eigenvalue weighted by atomic mass is 10.1. The fourth-order valence-corrected chi connectivity index (χ4v) is 3.38. The number of ether oxygens (including phenoxy) is 3. The van der Waals surface area contributed by atoms with Gasteiger partial charge in [0.05, 0.1) is 19.8 Å². The summed E-state index contributed by atoms with van der Waals surface area (Å²) in [4.78, 5) is 26.3. The highest BCUT2D eigenvalue weighted by atomic mass is 16.5. The molecule has 1 saturated heterocycles. The number of carbonyl (C=O) groups excluding carboxylic acids is 2. The molecule has 1 N–H and O–H groups in total. The molecule has 3 rings (SSSR count). The smallest absolute Gasteiger partial charge is 0.251 e. The number of hydrogen-bond donors (Lipinski definition) is 1. The molecule has 2 aromatic carbocycles. The van der Waals surface area contributed by atoms with Gasteiger partial charge in [0.25, 0.3) is 5.91 Å². The molecule has 0 radical (unpaired) electrons. The van der Waals surface area contributed by atoms with Gasteiger partial charge in [0.2, 0.25) is 5.91 Å². The Morgan fingerprint density at radius 3 is 2.50 bits per heavy atom. The van der Waals surface area contributed by atoms with Crippen molar-refractivity contribution in [2.75, 3.05) is 38.9 Å². The Morgan fingerprint density at radius 1 is 1.10 bits per heavy atom. The molecule has 2 amide bonds. The zero-order valence-corrected chi connectivity index (χ0v) is 17.6. The summed E-state index contributed by atoms with van der Waals surface area (Å²) in [5, 5.41) is 3.00. The first-order valence-corrected chi connectivity index (χ1v) is 10.0. The van der Waals surface area contributed by atoms with Crippen LogP contribution >= 0.6 is 0 Å². The number of benzene rings is 2. The number of methoxy groups -OCH3 is 2. The molecule has 2 aromatic rings. The van der Waals surface area contributed by atoms with Gasteiger partial charge in [-0.25, -0.2) is 0 Å². The molecule has 1 atom stereocenters. The van der Waals surface area contributed by atoms with Crippen LogP contribution < -0.4 is 19.7 Å².